The molecule has 0 amide bonds. The van der Waals surface area contributed by atoms with Crippen molar-refractivity contribution in [3.8, 4) is 11.4 Å². The van der Waals surface area contributed by atoms with Crippen LogP contribution in [0.2, 0.25) is 0 Å². The molecule has 0 spiro atoms. The van der Waals surface area contributed by atoms with E-state index in [0.717, 1.165) is 39.5 Å². The molecule has 0 atom stereocenters. The molecule has 16 rings (SSSR count). The molecule has 0 unspecified atom stereocenters. The average Bonchev–Trinajstić information content (AvgIpc) is 1.88. The number of nitrogens with zero attached hydrogens (tertiary/aromatic N) is 3. The van der Waals surface area contributed by atoms with Crippen LogP contribution in [0.4, 0.5) is 17.1 Å². The summed E-state index contributed by atoms with van der Waals surface area (Å²) in [4.78, 5) is 2.49. The van der Waals surface area contributed by atoms with Crippen LogP contribution in [-0.2, 0) is 0 Å². The SMILES string of the molecule is c1ccc(-n2c3ccc(N(c4ccc5ccccc5c4)c4ccc5c(c4)c4cc([Si](c6ccccc6)(c6ccccc6)c6ccccc6)ccc4n5-c4ccccc4)cc3c3cc([Si](c4ccccc4)(c4ccccc4)c4ccccc4)ccc32)cc1. The van der Waals surface area contributed by atoms with Crippen molar-refractivity contribution in [3.05, 3.63) is 358 Å². The highest BCUT2D eigenvalue weighted by Crippen LogP contribution is 2.43. The molecule has 0 bridgehead atoms. The van der Waals surface area contributed by atoms with Crippen LogP contribution in [0.15, 0.2) is 358 Å². The van der Waals surface area contributed by atoms with Crippen LogP contribution < -0.4 is 46.4 Å². The topological polar surface area (TPSA) is 13.1 Å². The van der Waals surface area contributed by atoms with Gasteiger partial charge in [0, 0.05) is 50.0 Å². The predicted molar refractivity (Wildman–Crippen MR) is 375 cm³/mol. The second-order valence-electron chi connectivity index (χ2n) is 22.8. The fourth-order valence-corrected chi connectivity index (χ4v) is 23.9. The highest BCUT2D eigenvalue weighted by Gasteiger charge is 2.43. The first-order valence-electron chi connectivity index (χ1n) is 30.1. The van der Waals surface area contributed by atoms with Gasteiger partial charge in [0.1, 0.15) is 0 Å². The number of aromatic nitrogens is 2. The molecule has 410 valence electrons. The molecule has 0 saturated carbocycles. The van der Waals surface area contributed by atoms with E-state index in [1.807, 2.05) is 0 Å². The van der Waals surface area contributed by atoms with E-state index in [4.69, 9.17) is 0 Å². The fraction of sp³-hybridized carbons (Fsp3) is 0. The summed E-state index contributed by atoms with van der Waals surface area (Å²) >= 11 is 0. The van der Waals surface area contributed by atoms with E-state index in [9.17, 15) is 0 Å². The van der Waals surface area contributed by atoms with E-state index < -0.39 is 16.1 Å². The lowest BCUT2D eigenvalue weighted by Crippen LogP contribution is -2.74. The lowest BCUT2D eigenvalue weighted by atomic mass is 10.1. The summed E-state index contributed by atoms with van der Waals surface area (Å²) in [7, 11) is -5.81. The smallest absolute Gasteiger partial charge is 0.179 e. The van der Waals surface area contributed by atoms with Crippen LogP contribution >= 0.6 is 0 Å². The second-order valence-corrected chi connectivity index (χ2v) is 30.4. The molecule has 5 heteroatoms. The van der Waals surface area contributed by atoms with Gasteiger partial charge in [-0.3, -0.25) is 0 Å². The first-order valence-corrected chi connectivity index (χ1v) is 34.1. The van der Waals surface area contributed by atoms with Gasteiger partial charge >= 0.3 is 0 Å². The van der Waals surface area contributed by atoms with Gasteiger partial charge in [0.15, 0.2) is 16.1 Å². The van der Waals surface area contributed by atoms with Gasteiger partial charge in [-0.1, -0.05) is 273 Å². The molecule has 2 aromatic heterocycles. The highest BCUT2D eigenvalue weighted by molar-refractivity contribution is 7.20. The van der Waals surface area contributed by atoms with Gasteiger partial charge in [0.05, 0.1) is 22.1 Å². The molecule has 16 aromatic rings. The van der Waals surface area contributed by atoms with Crippen molar-refractivity contribution in [2.75, 3.05) is 4.90 Å². The van der Waals surface area contributed by atoms with E-state index >= 15 is 0 Å². The zero-order chi connectivity index (χ0) is 57.7. The van der Waals surface area contributed by atoms with Crippen molar-refractivity contribution >= 4 is 129 Å². The molecule has 0 fully saturated rings. The van der Waals surface area contributed by atoms with Crippen LogP contribution in [0.1, 0.15) is 0 Å². The van der Waals surface area contributed by atoms with E-state index in [1.165, 1.54) is 84.8 Å². The summed E-state index contributed by atoms with van der Waals surface area (Å²) in [6.07, 6.45) is 0. The van der Waals surface area contributed by atoms with Gasteiger partial charge in [-0.25, -0.2) is 0 Å². The zero-order valence-electron chi connectivity index (χ0n) is 47.9. The van der Waals surface area contributed by atoms with E-state index in [-0.39, 0.29) is 0 Å². The number of hydrogen-bond acceptors (Lipinski definition) is 1. The molecule has 87 heavy (non-hydrogen) atoms. The van der Waals surface area contributed by atoms with Gasteiger partial charge in [-0.2, -0.15) is 0 Å². The Labute approximate surface area is 509 Å². The predicted octanol–water partition coefficient (Wildman–Crippen LogP) is 15.3. The van der Waals surface area contributed by atoms with Crippen molar-refractivity contribution in [1.82, 2.24) is 9.13 Å². The third-order valence-corrected chi connectivity index (χ3v) is 27.7. The molecule has 0 aliphatic rings. The van der Waals surface area contributed by atoms with E-state index in [1.54, 1.807) is 0 Å². The van der Waals surface area contributed by atoms with Crippen molar-refractivity contribution in [2.24, 2.45) is 0 Å². The van der Waals surface area contributed by atoms with Crippen LogP contribution in [0.3, 0.4) is 0 Å². The molecule has 14 aromatic carbocycles. The van der Waals surface area contributed by atoms with Crippen LogP contribution in [-0.4, -0.2) is 25.3 Å². The minimum atomic E-state index is -2.91. The Morgan fingerprint density at radius 3 is 0.805 bits per heavy atom. The summed E-state index contributed by atoms with van der Waals surface area (Å²) in [5.74, 6) is 0. The Hall–Kier alpha value is -10.8. The van der Waals surface area contributed by atoms with Crippen LogP contribution in [0.25, 0.3) is 65.8 Å². The normalized spacial score (nSPS) is 11.9. The summed E-state index contributed by atoms with van der Waals surface area (Å²) < 4.78 is 4.92. The Bertz CT molecular complexity index is 4650. The molecule has 0 radical (unpaired) electrons. The maximum Gasteiger partial charge on any atom is 0.179 e. The molecule has 3 nitrogen and oxygen atoms in total. The Kier molecular flexibility index (Phi) is 12.9. The molecule has 0 saturated heterocycles. The van der Waals surface area contributed by atoms with Crippen molar-refractivity contribution in [3.63, 3.8) is 0 Å². The van der Waals surface area contributed by atoms with E-state index in [0.29, 0.717) is 0 Å². The lowest BCUT2D eigenvalue weighted by Gasteiger charge is -2.34. The average molecular weight is 1140 g/mol. The van der Waals surface area contributed by atoms with Crippen molar-refractivity contribution < 1.29 is 0 Å². The first kappa shape index (κ1) is 51.8. The van der Waals surface area contributed by atoms with Crippen molar-refractivity contribution in [1.29, 1.82) is 0 Å². The van der Waals surface area contributed by atoms with Gasteiger partial charge in [-0.05, 0) is 137 Å². The number of anilines is 3. The fourth-order valence-electron chi connectivity index (χ4n) is 14.4. The van der Waals surface area contributed by atoms with Crippen LogP contribution in [0.5, 0.6) is 0 Å². The zero-order valence-corrected chi connectivity index (χ0v) is 49.9. The monoisotopic (exact) mass is 1140 g/mol. The molecule has 0 aliphatic heterocycles. The molecular formula is C82H59N3Si2. The molecular weight excluding hydrogens is 1080 g/mol. The standard InChI is InChI=1S/C82H59N3Si2/c1-9-29-62(30-10-1)84-79-51-47-65(56-75(79)77-58-73(49-53-81(77)84)86(67-33-13-3-14-34-67,68-35-15-4-16-36-68)69-37-17-5-18-38-69)83(64-46-45-60-27-25-26-28-61(60)55-64)66-48-52-80-76(57-66)78-59-74(50-54-82(78)85(80)63-31-11-2-12-32-63)87(70-39-19-6-20-40-70,71-41-21-7-22-42-71)72-43-23-8-24-44-72/h1-59H. The quantitative estimate of drug-likeness (QED) is 0.0828. The Morgan fingerprint density at radius 2 is 0.460 bits per heavy atom. The number of benzene rings is 14. The Balaban J connectivity index is 0.971. The first-order chi connectivity index (χ1) is 43.2. The van der Waals surface area contributed by atoms with Crippen molar-refractivity contribution in [2.45, 2.75) is 0 Å². The maximum absolute atomic E-state index is 2.91. The third-order valence-electron chi connectivity index (χ3n) is 18.1. The van der Waals surface area contributed by atoms with Gasteiger partial charge in [0.25, 0.3) is 0 Å². The summed E-state index contributed by atoms with van der Waals surface area (Å²) in [6, 6.07) is 134. The minimum Gasteiger partial charge on any atom is -0.310 e. The van der Waals surface area contributed by atoms with Gasteiger partial charge in [0.2, 0.25) is 0 Å². The largest absolute Gasteiger partial charge is 0.310 e. The number of fused-ring (bicyclic) bond motifs is 7. The number of rotatable bonds is 13. The van der Waals surface area contributed by atoms with Crippen LogP contribution in [0, 0.1) is 0 Å². The Morgan fingerprint density at radius 1 is 0.195 bits per heavy atom. The summed E-state index contributed by atoms with van der Waals surface area (Å²) in [5, 5.41) is 17.9. The van der Waals surface area contributed by atoms with Gasteiger partial charge < -0.3 is 14.0 Å². The third kappa shape index (κ3) is 8.53. The molecule has 0 N–H and O–H groups in total. The van der Waals surface area contributed by atoms with Gasteiger partial charge in [-0.15, -0.1) is 0 Å². The molecule has 2 heterocycles. The summed E-state index contributed by atoms with van der Waals surface area (Å²) in [6.45, 7) is 0. The van der Waals surface area contributed by atoms with E-state index in [2.05, 4.69) is 372 Å². The lowest BCUT2D eigenvalue weighted by molar-refractivity contribution is 1.18. The highest BCUT2D eigenvalue weighted by atomic mass is 28.3. The maximum atomic E-state index is 2.55. The minimum absolute atomic E-state index is 1.07. The molecule has 0 aliphatic carbocycles. The number of hydrogen-bond donors (Lipinski definition) is 0. The second kappa shape index (κ2) is 21.7. The number of para-hydroxylation sites is 2. The summed E-state index contributed by atoms with van der Waals surface area (Å²) in [5.41, 5.74) is 10.1.